The zero-order valence-corrected chi connectivity index (χ0v) is 12.2. The van der Waals surface area contributed by atoms with Gasteiger partial charge >= 0.3 is 0 Å². The number of hydrogen-bond donors (Lipinski definition) is 0. The summed E-state index contributed by atoms with van der Waals surface area (Å²) in [5.41, 5.74) is 3.06. The molecular formula is C18H17NO2. The summed E-state index contributed by atoms with van der Waals surface area (Å²) in [6.45, 7) is 2.61. The summed E-state index contributed by atoms with van der Waals surface area (Å²) in [5, 5.41) is 0.949. The Morgan fingerprint density at radius 1 is 1.10 bits per heavy atom. The van der Waals surface area contributed by atoms with E-state index in [0.717, 1.165) is 16.5 Å². The van der Waals surface area contributed by atoms with E-state index in [1.165, 1.54) is 5.56 Å². The Balaban J connectivity index is 1.78. The minimum absolute atomic E-state index is 0.105. The molecule has 0 radical (unpaired) electrons. The second-order valence-corrected chi connectivity index (χ2v) is 5.30. The number of carbonyl (C=O) groups excluding carboxylic acids is 1. The Hall–Kier alpha value is -2.55. The van der Waals surface area contributed by atoms with E-state index in [1.807, 2.05) is 43.3 Å². The van der Waals surface area contributed by atoms with Gasteiger partial charge in [-0.15, -0.1) is 0 Å². The van der Waals surface area contributed by atoms with Gasteiger partial charge in [-0.1, -0.05) is 48.0 Å². The van der Waals surface area contributed by atoms with Crippen molar-refractivity contribution in [3.63, 3.8) is 0 Å². The Morgan fingerprint density at radius 3 is 2.52 bits per heavy atom. The van der Waals surface area contributed by atoms with Crippen molar-refractivity contribution in [3.05, 3.63) is 71.5 Å². The maximum atomic E-state index is 12.4. The average molecular weight is 279 g/mol. The summed E-state index contributed by atoms with van der Waals surface area (Å²) in [5.74, 6) is 0.276. The van der Waals surface area contributed by atoms with E-state index in [2.05, 4.69) is 12.1 Å². The van der Waals surface area contributed by atoms with Gasteiger partial charge in [-0.2, -0.15) is 0 Å². The van der Waals surface area contributed by atoms with Crippen LogP contribution in [0, 0.1) is 6.92 Å². The minimum Gasteiger partial charge on any atom is -0.451 e. The fourth-order valence-corrected chi connectivity index (χ4v) is 2.31. The average Bonchev–Trinajstić information content (AvgIpc) is 2.92. The summed E-state index contributed by atoms with van der Waals surface area (Å²) >= 11 is 0. The van der Waals surface area contributed by atoms with Crippen LogP contribution in [0.5, 0.6) is 0 Å². The van der Waals surface area contributed by atoms with Crippen LogP contribution < -0.4 is 0 Å². The summed E-state index contributed by atoms with van der Waals surface area (Å²) in [6.07, 6.45) is 0. The number of aryl methyl sites for hydroxylation is 1. The molecule has 0 saturated heterocycles. The van der Waals surface area contributed by atoms with Crippen LogP contribution in [0.1, 0.15) is 21.7 Å². The van der Waals surface area contributed by atoms with Crippen molar-refractivity contribution >= 4 is 16.9 Å². The Bertz CT molecular complexity index is 738. The van der Waals surface area contributed by atoms with Crippen molar-refractivity contribution in [1.82, 2.24) is 4.90 Å². The van der Waals surface area contributed by atoms with E-state index in [4.69, 9.17) is 4.42 Å². The van der Waals surface area contributed by atoms with Crippen LogP contribution in [0.4, 0.5) is 0 Å². The molecule has 3 rings (SSSR count). The molecule has 3 heteroatoms. The number of furan rings is 1. The second kappa shape index (κ2) is 5.44. The van der Waals surface area contributed by atoms with Gasteiger partial charge in [0.05, 0.1) is 0 Å². The molecule has 1 aromatic heterocycles. The monoisotopic (exact) mass is 279 g/mol. The van der Waals surface area contributed by atoms with Crippen LogP contribution in [-0.4, -0.2) is 17.9 Å². The van der Waals surface area contributed by atoms with E-state index in [1.54, 1.807) is 18.0 Å². The van der Waals surface area contributed by atoms with Gasteiger partial charge in [0.15, 0.2) is 5.76 Å². The number of para-hydroxylation sites is 1. The third-order valence-electron chi connectivity index (χ3n) is 3.52. The molecule has 0 aliphatic rings. The summed E-state index contributed by atoms with van der Waals surface area (Å²) in [4.78, 5) is 14.1. The normalized spacial score (nSPS) is 10.8. The van der Waals surface area contributed by atoms with E-state index >= 15 is 0 Å². The van der Waals surface area contributed by atoms with E-state index in [-0.39, 0.29) is 5.91 Å². The molecule has 21 heavy (non-hydrogen) atoms. The first-order chi connectivity index (χ1) is 10.1. The maximum Gasteiger partial charge on any atom is 0.289 e. The summed E-state index contributed by atoms with van der Waals surface area (Å²) in [6, 6.07) is 17.6. The van der Waals surface area contributed by atoms with Crippen LogP contribution in [0.3, 0.4) is 0 Å². The molecule has 106 valence electrons. The predicted molar refractivity (Wildman–Crippen MR) is 83.2 cm³/mol. The highest BCUT2D eigenvalue weighted by Gasteiger charge is 2.16. The lowest BCUT2D eigenvalue weighted by atomic mass is 10.1. The SMILES string of the molecule is Cc1ccc(CN(C)C(=O)c2cc3ccccc3o2)cc1. The smallest absolute Gasteiger partial charge is 0.289 e. The first-order valence-electron chi connectivity index (χ1n) is 6.93. The number of amides is 1. The van der Waals surface area contributed by atoms with Crippen molar-refractivity contribution in [2.75, 3.05) is 7.05 Å². The minimum atomic E-state index is -0.105. The van der Waals surface area contributed by atoms with Crippen LogP contribution >= 0.6 is 0 Å². The number of carbonyl (C=O) groups is 1. The molecule has 1 amide bonds. The number of rotatable bonds is 3. The molecule has 0 fully saturated rings. The van der Waals surface area contributed by atoms with Crippen LogP contribution in [-0.2, 0) is 6.54 Å². The lowest BCUT2D eigenvalue weighted by Crippen LogP contribution is -2.25. The first kappa shape index (κ1) is 13.4. The standard InChI is InChI=1S/C18H17NO2/c1-13-7-9-14(10-8-13)12-19(2)18(20)17-11-15-5-3-4-6-16(15)21-17/h3-11H,12H2,1-2H3. The number of fused-ring (bicyclic) bond motifs is 1. The Kier molecular flexibility index (Phi) is 3.48. The second-order valence-electron chi connectivity index (χ2n) is 5.30. The largest absolute Gasteiger partial charge is 0.451 e. The fraction of sp³-hybridized carbons (Fsp3) is 0.167. The summed E-state index contributed by atoms with van der Waals surface area (Å²) in [7, 11) is 1.79. The fourth-order valence-electron chi connectivity index (χ4n) is 2.31. The maximum absolute atomic E-state index is 12.4. The van der Waals surface area contributed by atoms with E-state index in [9.17, 15) is 4.79 Å². The van der Waals surface area contributed by atoms with Gasteiger partial charge in [-0.05, 0) is 24.6 Å². The van der Waals surface area contributed by atoms with Gasteiger partial charge in [-0.25, -0.2) is 0 Å². The molecule has 2 aromatic carbocycles. The van der Waals surface area contributed by atoms with Crippen molar-refractivity contribution < 1.29 is 9.21 Å². The Morgan fingerprint density at radius 2 is 1.81 bits per heavy atom. The van der Waals surface area contributed by atoms with Crippen molar-refractivity contribution in [1.29, 1.82) is 0 Å². The molecule has 1 heterocycles. The number of benzene rings is 2. The first-order valence-corrected chi connectivity index (χ1v) is 6.93. The predicted octanol–water partition coefficient (Wildman–Crippen LogP) is 4.01. The van der Waals surface area contributed by atoms with Crippen molar-refractivity contribution in [2.24, 2.45) is 0 Å². The van der Waals surface area contributed by atoms with Gasteiger partial charge in [0.2, 0.25) is 0 Å². The van der Waals surface area contributed by atoms with Gasteiger partial charge < -0.3 is 9.32 Å². The summed E-state index contributed by atoms with van der Waals surface area (Å²) < 4.78 is 5.62. The van der Waals surface area contributed by atoms with E-state index in [0.29, 0.717) is 12.3 Å². The molecule has 3 aromatic rings. The molecule has 0 unspecified atom stereocenters. The third-order valence-corrected chi connectivity index (χ3v) is 3.52. The molecule has 0 spiro atoms. The van der Waals surface area contributed by atoms with Crippen LogP contribution in [0.2, 0.25) is 0 Å². The highest BCUT2D eigenvalue weighted by molar-refractivity contribution is 5.95. The van der Waals surface area contributed by atoms with Crippen LogP contribution in [0.15, 0.2) is 59.0 Å². The molecule has 0 atom stereocenters. The lowest BCUT2D eigenvalue weighted by Gasteiger charge is -2.15. The zero-order valence-electron chi connectivity index (χ0n) is 12.2. The highest BCUT2D eigenvalue weighted by Crippen LogP contribution is 2.20. The third kappa shape index (κ3) is 2.82. The van der Waals surface area contributed by atoms with Gasteiger partial charge in [0.1, 0.15) is 5.58 Å². The van der Waals surface area contributed by atoms with Gasteiger partial charge in [-0.3, -0.25) is 4.79 Å². The molecule has 0 saturated carbocycles. The Labute approximate surface area is 123 Å². The van der Waals surface area contributed by atoms with Gasteiger partial charge in [0.25, 0.3) is 5.91 Å². The zero-order chi connectivity index (χ0) is 14.8. The number of nitrogens with zero attached hydrogens (tertiary/aromatic N) is 1. The molecule has 0 N–H and O–H groups in total. The molecule has 3 nitrogen and oxygen atoms in total. The molecule has 0 bridgehead atoms. The van der Waals surface area contributed by atoms with E-state index < -0.39 is 0 Å². The quantitative estimate of drug-likeness (QED) is 0.725. The topological polar surface area (TPSA) is 33.5 Å². The van der Waals surface area contributed by atoms with Crippen molar-refractivity contribution in [2.45, 2.75) is 13.5 Å². The highest BCUT2D eigenvalue weighted by atomic mass is 16.3. The van der Waals surface area contributed by atoms with Crippen LogP contribution in [0.25, 0.3) is 11.0 Å². The lowest BCUT2D eigenvalue weighted by molar-refractivity contribution is 0.0756. The molecule has 0 aliphatic carbocycles. The van der Waals surface area contributed by atoms with Gasteiger partial charge in [0, 0.05) is 19.0 Å². The van der Waals surface area contributed by atoms with Crippen molar-refractivity contribution in [3.8, 4) is 0 Å². The molecular weight excluding hydrogens is 262 g/mol. The number of hydrogen-bond acceptors (Lipinski definition) is 2. The molecule has 0 aliphatic heterocycles.